The molecule has 1 heterocycles. The fourth-order valence-corrected chi connectivity index (χ4v) is 3.89. The average Bonchev–Trinajstić information content (AvgIpc) is 2.45. The molecule has 25 heavy (non-hydrogen) atoms. The van der Waals surface area contributed by atoms with Gasteiger partial charge in [-0.15, -0.1) is 4.72 Å². The summed E-state index contributed by atoms with van der Waals surface area (Å²) in [6.07, 6.45) is 3.38. The van der Waals surface area contributed by atoms with Crippen LogP contribution in [0.15, 0.2) is 24.4 Å². The number of hydrogen-bond acceptors (Lipinski definition) is 4. The van der Waals surface area contributed by atoms with E-state index in [1.807, 2.05) is 39.0 Å². The first-order valence-corrected chi connectivity index (χ1v) is 13.1. The lowest BCUT2D eigenvalue weighted by molar-refractivity contribution is 0.267. The molecule has 0 saturated heterocycles. The fourth-order valence-electron chi connectivity index (χ4n) is 1.97. The Balaban J connectivity index is 2.71. The molecule has 1 aromatic heterocycles. The normalized spacial score (nSPS) is 15.9. The van der Waals surface area contributed by atoms with E-state index in [0.717, 1.165) is 18.5 Å². The number of hydrogen-bond donors (Lipinski definition) is 1. The summed E-state index contributed by atoms with van der Waals surface area (Å²) >= 11 is -1.10. The standard InChI is InChI=1S/C19H36N2O2SSi/c1-18(2,3)24(22)21-17(15-16-11-9-10-13-20-16)12-14-23-25(7,8)19(4,5)6/h9-11,13,17,21H,12,14-15H2,1-8H3/t17?,24-/m0/s1. The molecule has 0 bridgehead atoms. The average molecular weight is 385 g/mol. The van der Waals surface area contributed by atoms with Crippen molar-refractivity contribution >= 4 is 19.7 Å². The van der Waals surface area contributed by atoms with Crippen LogP contribution >= 0.6 is 0 Å². The minimum atomic E-state index is -1.76. The highest BCUT2D eigenvalue weighted by Gasteiger charge is 2.37. The highest BCUT2D eigenvalue weighted by molar-refractivity contribution is 7.90. The maximum Gasteiger partial charge on any atom is 0.191 e. The molecule has 4 nitrogen and oxygen atoms in total. The number of nitrogens with zero attached hydrogens (tertiary/aromatic N) is 1. The Bertz CT molecular complexity index is 512. The monoisotopic (exact) mass is 384 g/mol. The van der Waals surface area contributed by atoms with Gasteiger partial charge in [-0.3, -0.25) is 4.98 Å². The van der Waals surface area contributed by atoms with Crippen LogP contribution in [0.1, 0.15) is 53.7 Å². The highest BCUT2D eigenvalue weighted by atomic mass is 32.2. The summed E-state index contributed by atoms with van der Waals surface area (Å²) in [5.74, 6) is 0. The van der Waals surface area contributed by atoms with Crippen LogP contribution in [-0.2, 0) is 22.2 Å². The van der Waals surface area contributed by atoms with Crippen molar-refractivity contribution < 1.29 is 8.98 Å². The molecule has 0 saturated carbocycles. The quantitative estimate of drug-likeness (QED) is 0.531. The predicted molar refractivity (Wildman–Crippen MR) is 111 cm³/mol. The van der Waals surface area contributed by atoms with Crippen LogP contribution in [0.25, 0.3) is 0 Å². The van der Waals surface area contributed by atoms with E-state index in [-0.39, 0.29) is 15.8 Å². The van der Waals surface area contributed by atoms with Gasteiger partial charge in [-0.2, -0.15) is 0 Å². The third-order valence-electron chi connectivity index (χ3n) is 4.75. The third-order valence-corrected chi connectivity index (χ3v) is 10.9. The zero-order valence-electron chi connectivity index (χ0n) is 17.2. The van der Waals surface area contributed by atoms with Crippen LogP contribution in [0.5, 0.6) is 0 Å². The summed E-state index contributed by atoms with van der Waals surface area (Å²) in [5.41, 5.74) is 1.01. The molecule has 0 aliphatic carbocycles. The van der Waals surface area contributed by atoms with Crippen LogP contribution in [0.3, 0.4) is 0 Å². The lowest BCUT2D eigenvalue weighted by Gasteiger charge is -2.36. The maximum atomic E-state index is 12.5. The minimum Gasteiger partial charge on any atom is -0.598 e. The smallest absolute Gasteiger partial charge is 0.191 e. The molecule has 6 heteroatoms. The Kier molecular flexibility index (Phi) is 8.15. The van der Waals surface area contributed by atoms with E-state index in [2.05, 4.69) is 43.6 Å². The largest absolute Gasteiger partial charge is 0.598 e. The van der Waals surface area contributed by atoms with Gasteiger partial charge in [0.25, 0.3) is 0 Å². The highest BCUT2D eigenvalue weighted by Crippen LogP contribution is 2.36. The van der Waals surface area contributed by atoms with E-state index in [9.17, 15) is 4.55 Å². The molecule has 0 amide bonds. The predicted octanol–water partition coefficient (Wildman–Crippen LogP) is 4.46. The Morgan fingerprint density at radius 1 is 1.20 bits per heavy atom. The number of aromatic nitrogens is 1. The van der Waals surface area contributed by atoms with Crippen molar-refractivity contribution in [1.29, 1.82) is 0 Å². The minimum absolute atomic E-state index is 0.0831. The Hall–Kier alpha value is -0.403. The third kappa shape index (κ3) is 7.79. The molecule has 2 atom stereocenters. The fraction of sp³-hybridized carbons (Fsp3) is 0.737. The van der Waals surface area contributed by atoms with Crippen molar-refractivity contribution in [3.63, 3.8) is 0 Å². The van der Waals surface area contributed by atoms with E-state index in [0.29, 0.717) is 6.61 Å². The van der Waals surface area contributed by atoms with Gasteiger partial charge in [0.2, 0.25) is 0 Å². The van der Waals surface area contributed by atoms with Crippen molar-refractivity contribution in [3.8, 4) is 0 Å². The Labute approximate surface area is 158 Å². The maximum absolute atomic E-state index is 12.5. The van der Waals surface area contributed by atoms with E-state index < -0.39 is 19.7 Å². The zero-order valence-corrected chi connectivity index (χ0v) is 19.0. The van der Waals surface area contributed by atoms with E-state index in [1.54, 1.807) is 6.20 Å². The topological polar surface area (TPSA) is 57.2 Å². The summed E-state index contributed by atoms with van der Waals surface area (Å²) in [5, 5.41) is 0.200. The molecule has 0 radical (unpaired) electrons. The van der Waals surface area contributed by atoms with Crippen molar-refractivity contribution in [2.75, 3.05) is 6.61 Å². The molecule has 1 N–H and O–H groups in total. The van der Waals surface area contributed by atoms with Crippen LogP contribution < -0.4 is 4.72 Å². The van der Waals surface area contributed by atoms with Crippen LogP contribution in [-0.4, -0.2) is 35.2 Å². The first-order chi connectivity index (χ1) is 11.3. The second-order valence-electron chi connectivity index (χ2n) is 9.12. The van der Waals surface area contributed by atoms with Crippen molar-refractivity contribution in [3.05, 3.63) is 30.1 Å². The second kappa shape index (κ2) is 9.00. The number of pyridine rings is 1. The molecule has 0 aromatic carbocycles. The summed E-state index contributed by atoms with van der Waals surface area (Å²) in [4.78, 5) is 4.41. The molecular weight excluding hydrogens is 348 g/mol. The number of nitrogens with one attached hydrogen (secondary N) is 1. The lowest BCUT2D eigenvalue weighted by Crippen LogP contribution is -2.47. The van der Waals surface area contributed by atoms with Gasteiger partial charge in [0, 0.05) is 36.3 Å². The molecule has 1 rings (SSSR count). The van der Waals surface area contributed by atoms with Crippen molar-refractivity contribution in [1.82, 2.24) is 9.71 Å². The summed E-state index contributed by atoms with van der Waals surface area (Å²) in [6.45, 7) is 17.9. The molecule has 0 aliphatic heterocycles. The molecule has 1 unspecified atom stereocenters. The molecule has 144 valence electrons. The van der Waals surface area contributed by atoms with Crippen LogP contribution in [0.2, 0.25) is 18.1 Å². The van der Waals surface area contributed by atoms with Crippen LogP contribution in [0, 0.1) is 0 Å². The molecule has 0 spiro atoms. The molecule has 1 aromatic rings. The van der Waals surface area contributed by atoms with Gasteiger partial charge in [0.05, 0.1) is 6.04 Å². The molecule has 0 aliphatic rings. The lowest BCUT2D eigenvalue weighted by atomic mass is 10.1. The van der Waals surface area contributed by atoms with Gasteiger partial charge in [0.15, 0.2) is 8.32 Å². The summed E-state index contributed by atoms with van der Waals surface area (Å²) in [7, 11) is -1.76. The first kappa shape index (κ1) is 22.6. The van der Waals surface area contributed by atoms with Gasteiger partial charge in [-0.1, -0.05) is 26.8 Å². The first-order valence-electron chi connectivity index (χ1n) is 9.05. The van der Waals surface area contributed by atoms with Gasteiger partial charge in [-0.25, -0.2) is 0 Å². The van der Waals surface area contributed by atoms with E-state index in [4.69, 9.17) is 4.43 Å². The van der Waals surface area contributed by atoms with E-state index >= 15 is 0 Å². The Morgan fingerprint density at radius 3 is 2.32 bits per heavy atom. The zero-order chi connectivity index (χ0) is 19.3. The molecular formula is C19H36N2O2SSi. The van der Waals surface area contributed by atoms with Gasteiger partial charge >= 0.3 is 0 Å². The van der Waals surface area contributed by atoms with Crippen molar-refractivity contribution in [2.45, 2.75) is 83.3 Å². The van der Waals surface area contributed by atoms with E-state index in [1.165, 1.54) is 0 Å². The Morgan fingerprint density at radius 2 is 1.84 bits per heavy atom. The second-order valence-corrected chi connectivity index (χ2v) is 15.9. The van der Waals surface area contributed by atoms with Gasteiger partial charge in [-0.05, 0) is 57.5 Å². The summed E-state index contributed by atoms with van der Waals surface area (Å²) in [6, 6.07) is 6.01. The number of rotatable bonds is 8. The molecule has 0 fully saturated rings. The SMILES string of the molecule is CC(C)(C)[S@+]([O-])NC(CCO[Si](C)(C)C(C)(C)C)Cc1ccccn1. The van der Waals surface area contributed by atoms with Crippen LogP contribution in [0.4, 0.5) is 0 Å². The van der Waals surface area contributed by atoms with Crippen molar-refractivity contribution in [2.24, 2.45) is 0 Å². The summed E-state index contributed by atoms with van der Waals surface area (Å²) < 4.78 is 21.8. The van der Waals surface area contributed by atoms with Gasteiger partial charge < -0.3 is 8.98 Å². The van der Waals surface area contributed by atoms with Gasteiger partial charge in [0.1, 0.15) is 4.75 Å².